The quantitative estimate of drug-likeness (QED) is 0.00394. The van der Waals surface area contributed by atoms with Crippen molar-refractivity contribution in [1.29, 1.82) is 5.16 Å². The Kier molecular flexibility index (Phi) is 36.8. The number of carbonyl (C=O) groups excluding carboxylic acids is 10. The predicted molar refractivity (Wildman–Crippen MR) is 391 cm³/mol. The molecule has 38 heteroatoms. The maximum Gasteiger partial charge on any atom is 0.514 e. The number of aliphatic hydroxyl groups is 7. The molecule has 11 rings (SSSR count). The highest BCUT2D eigenvalue weighted by molar-refractivity contribution is 8.20. The Hall–Kier alpha value is -10.1. The Labute approximate surface area is 632 Å². The molecule has 2 amide bonds. The molecular formula is C71H73ClN6O27P4. The Morgan fingerprint density at radius 1 is 0.633 bits per heavy atom. The zero-order chi connectivity index (χ0) is 79.5. The van der Waals surface area contributed by atoms with Gasteiger partial charge in [-0.25, -0.2) is 18.9 Å². The van der Waals surface area contributed by atoms with Crippen molar-refractivity contribution in [2.45, 2.75) is 93.5 Å². The fourth-order valence-corrected chi connectivity index (χ4v) is 13.4. The van der Waals surface area contributed by atoms with Gasteiger partial charge in [0.2, 0.25) is 23.1 Å². The lowest BCUT2D eigenvalue weighted by Crippen LogP contribution is -2.54. The van der Waals surface area contributed by atoms with E-state index in [9.17, 15) is 69.5 Å². The third kappa shape index (κ3) is 26.9. The summed E-state index contributed by atoms with van der Waals surface area (Å²) < 4.78 is 46.3. The summed E-state index contributed by atoms with van der Waals surface area (Å²) in [5.41, 5.74) is 16.2. The number of benzene rings is 7. The van der Waals surface area contributed by atoms with Gasteiger partial charge < -0.3 is 90.0 Å². The van der Waals surface area contributed by atoms with Crippen LogP contribution in [0.4, 0.5) is 30.6 Å². The van der Waals surface area contributed by atoms with Crippen molar-refractivity contribution in [1.82, 2.24) is 10.6 Å². The predicted octanol–water partition coefficient (Wildman–Crippen LogP) is 8.59. The minimum absolute atomic E-state index is 0.0164. The van der Waals surface area contributed by atoms with E-state index < -0.39 is 77.7 Å². The lowest BCUT2D eigenvalue weighted by atomic mass is 9.98. The topological polar surface area (TPSA) is 516 Å². The monoisotopic (exact) mass is 1600 g/mol. The third-order valence-corrected chi connectivity index (χ3v) is 19.3. The number of nitrogens with one attached hydrogen (secondary N) is 3. The van der Waals surface area contributed by atoms with Crippen LogP contribution < -0.4 is 30.6 Å². The van der Waals surface area contributed by atoms with E-state index >= 15 is 0 Å². The molecule has 0 aromatic heterocycles. The van der Waals surface area contributed by atoms with Crippen LogP contribution in [0.3, 0.4) is 0 Å². The SMILES string of the molecule is N=PPC(=O)P=NP.Nc1cc(CO)ccc1O[C@H]1OC[C@@H](O)[C@H](O)[C@H]1O.O=C(CCNC(=O)OCC1c2ccccc2-c2ccccc21)Cc1cc(COC(=O)Oc2ccc([N+](=O)[O-])cc2)ccc1O[C@H]1OC[C@@H](O)[C@H](O)[C@H]1O.O=C(Cl)CCNC(=O)OCC1c2ccccc2-c2ccccc21.O=C=O.O=C=O. The number of nitrogens with zero attached hydrogens (tertiary/aromatic N) is 2. The summed E-state index contributed by atoms with van der Waals surface area (Å²) in [6.45, 7) is -0.335. The smallest absolute Gasteiger partial charge is 0.462 e. The average Bonchev–Trinajstić information content (AvgIpc) is 1.57. The van der Waals surface area contributed by atoms with E-state index in [0.29, 0.717) is 33.1 Å². The summed E-state index contributed by atoms with van der Waals surface area (Å²) in [5.74, 6) is 0.0238. The summed E-state index contributed by atoms with van der Waals surface area (Å²) in [4.78, 5) is 114. The lowest BCUT2D eigenvalue weighted by Gasteiger charge is -2.35. The van der Waals surface area contributed by atoms with Crippen LogP contribution in [0.2, 0.25) is 0 Å². The highest BCUT2D eigenvalue weighted by Crippen LogP contribution is 2.46. The van der Waals surface area contributed by atoms with Crippen LogP contribution in [0.5, 0.6) is 17.2 Å². The van der Waals surface area contributed by atoms with Gasteiger partial charge in [-0.05, 0) is 113 Å². The number of non-ortho nitro benzene ring substituents is 1. The van der Waals surface area contributed by atoms with Crippen molar-refractivity contribution in [3.05, 3.63) is 207 Å². The van der Waals surface area contributed by atoms with Crippen molar-refractivity contribution in [2.24, 2.45) is 4.52 Å². The fourth-order valence-electron chi connectivity index (χ4n) is 11.0. The Bertz CT molecular complexity index is 4260. The van der Waals surface area contributed by atoms with Crippen LogP contribution in [0.15, 0.2) is 162 Å². The van der Waals surface area contributed by atoms with Crippen molar-refractivity contribution in [3.8, 4) is 39.5 Å². The van der Waals surface area contributed by atoms with E-state index in [0.717, 1.165) is 33.4 Å². The zero-order valence-corrected chi connectivity index (χ0v) is 61.9. The number of ketones is 1. The van der Waals surface area contributed by atoms with Crippen LogP contribution in [0.1, 0.15) is 63.6 Å². The van der Waals surface area contributed by atoms with E-state index in [1.165, 1.54) is 65.7 Å². The molecule has 33 nitrogen and oxygen atoms in total. The second kappa shape index (κ2) is 45.7. The second-order valence-corrected chi connectivity index (χ2v) is 27.7. The van der Waals surface area contributed by atoms with Gasteiger partial charge in [0, 0.05) is 78.2 Å². The van der Waals surface area contributed by atoms with Gasteiger partial charge in [-0.3, -0.25) is 29.7 Å². The standard InChI is InChI=1S/C38H36N2O13.C18H16ClNO3.C12H17NO6.CH4N2OP4.2CO2/c41-25(15-16-39-37(45)50-20-31-29-7-3-1-5-27(29)28-6-2-4-8-30(28)31)18-23-17-22(9-14-33(23)53-36-35(44)34(43)32(42)21-49-36)19-51-38(46)52-26-12-10-24(11-13-26)40(47)48;19-17(21)9-10-20-18(22)23-11-16-14-7-3-1-5-12(14)13-6-2-4-8-15(13)16;13-7-3-6(4-14)1-2-9(7)19-12-11(17)10(16)8(15)5-18-12;2-8-7-1(4)6-3-5;2*2-1-3/h1-14,17,31-32,34-36,42-44H,15-16,18-21H2,(H,39,45);1-8,16H,9-11H2,(H,20,22);1-3,8,10-12,14-17H,4-5,13H2;2,7H,5H2;;/t32-,34+,35-,36-;;8-,10+,11-,12-;;;/m1.1.../s1. The molecule has 7 aromatic rings. The van der Waals surface area contributed by atoms with E-state index in [1.54, 1.807) is 6.07 Å². The number of aliphatic hydroxyl groups excluding tert-OH is 7. The Morgan fingerprint density at radius 3 is 1.50 bits per heavy atom. The molecule has 12 N–H and O–H groups in total. The van der Waals surface area contributed by atoms with Gasteiger partial charge in [0.15, 0.2) is 0 Å². The number of nitrogens with two attached hydrogens (primary N) is 1. The number of carbonyl (C=O) groups is 6. The molecule has 2 saturated heterocycles. The third-order valence-electron chi connectivity index (χ3n) is 16.0. The van der Waals surface area contributed by atoms with Gasteiger partial charge in [-0.2, -0.15) is 19.2 Å². The summed E-state index contributed by atoms with van der Waals surface area (Å²) in [6.07, 6.45) is -12.8. The highest BCUT2D eigenvalue weighted by atomic mass is 35.5. The normalized spacial score (nSPS) is 18.3. The number of hydrogen-bond acceptors (Lipinski definition) is 30. The number of Topliss-reactive ketones (excluding diaryl/α,β-unsaturated/α-hetero) is 1. The van der Waals surface area contributed by atoms with Crippen molar-refractivity contribution in [2.75, 3.05) is 45.3 Å². The van der Waals surface area contributed by atoms with Crippen molar-refractivity contribution >= 4 is 104 Å². The van der Waals surface area contributed by atoms with E-state index in [4.69, 9.17) is 84.7 Å². The number of anilines is 1. The molecular weight excluding hydrogens is 1530 g/mol. The fraction of sp³-hybridized carbons (Fsp3) is 0.296. The van der Waals surface area contributed by atoms with Gasteiger partial charge in [0.1, 0.15) is 79.5 Å². The van der Waals surface area contributed by atoms with Crippen LogP contribution in [0.25, 0.3) is 22.3 Å². The Morgan fingerprint density at radius 2 is 1.07 bits per heavy atom. The molecule has 2 aliphatic carbocycles. The van der Waals surface area contributed by atoms with E-state index in [-0.39, 0.29) is 144 Å². The van der Waals surface area contributed by atoms with Gasteiger partial charge in [-0.1, -0.05) is 109 Å². The molecule has 7 aromatic carbocycles. The van der Waals surface area contributed by atoms with Crippen LogP contribution in [0, 0.1) is 15.3 Å². The minimum atomic E-state index is -1.60. The summed E-state index contributed by atoms with van der Waals surface area (Å²) in [6, 6.07) is 46.3. The van der Waals surface area contributed by atoms with Crippen molar-refractivity contribution in [3.63, 3.8) is 0 Å². The summed E-state index contributed by atoms with van der Waals surface area (Å²) in [5, 5.41) is 90.0. The van der Waals surface area contributed by atoms with Gasteiger partial charge in [0.05, 0.1) is 38.8 Å². The number of ether oxygens (including phenoxy) is 8. The molecule has 0 radical (unpaired) electrons. The van der Waals surface area contributed by atoms with Gasteiger partial charge in [-0.15, -0.1) is 0 Å². The Balaban J connectivity index is 0.000000270. The molecule has 0 bridgehead atoms. The maximum absolute atomic E-state index is 13.1. The number of nitrogen functional groups attached to an aromatic ring is 1. The number of alkyl carbamates (subject to hydrolysis) is 2. The zero-order valence-electron chi connectivity index (χ0n) is 57.2. The van der Waals surface area contributed by atoms with Gasteiger partial charge >= 0.3 is 30.6 Å². The number of amides is 2. The summed E-state index contributed by atoms with van der Waals surface area (Å²) in [7, 11) is 3.04. The first-order valence-electron chi connectivity index (χ1n) is 32.4. The second-order valence-electron chi connectivity index (χ2n) is 23.1. The molecule has 2 aliphatic heterocycles. The number of hydrogen-bond donors (Lipinski definition) is 11. The van der Waals surface area contributed by atoms with Gasteiger partial charge in [0.25, 0.3) is 5.69 Å². The molecule has 2 unspecified atom stereocenters. The lowest BCUT2D eigenvalue weighted by molar-refractivity contribution is -0.384. The molecule has 576 valence electrons. The van der Waals surface area contributed by atoms with E-state index in [2.05, 4.69) is 48.8 Å². The molecule has 109 heavy (non-hydrogen) atoms. The number of rotatable bonds is 24. The molecule has 0 saturated carbocycles. The number of halogens is 1. The summed E-state index contributed by atoms with van der Waals surface area (Å²) >= 11 is 5.22. The van der Waals surface area contributed by atoms with Crippen LogP contribution >= 0.6 is 45.7 Å². The highest BCUT2D eigenvalue weighted by Gasteiger charge is 2.41. The molecule has 10 atom stereocenters. The van der Waals surface area contributed by atoms with E-state index in [1.807, 2.05) is 72.8 Å². The van der Waals surface area contributed by atoms with Crippen LogP contribution in [-0.2, 0) is 72.1 Å². The minimum Gasteiger partial charge on any atom is -0.462 e. The first-order valence-corrected chi connectivity index (χ1v) is 36.9. The molecule has 2 heterocycles. The largest absolute Gasteiger partial charge is 0.514 e. The number of nitro groups is 1. The number of nitro benzene ring substituents is 1. The first kappa shape index (κ1) is 87.8. The number of fused-ring (bicyclic) bond motifs is 6. The first-order chi connectivity index (χ1) is 52.4. The molecule has 0 spiro atoms. The maximum atomic E-state index is 13.1. The molecule has 2 fully saturated rings. The van der Waals surface area contributed by atoms with Crippen LogP contribution in [-0.4, -0.2) is 176 Å². The average molecular weight is 1600 g/mol. The molecule has 4 aliphatic rings. The van der Waals surface area contributed by atoms with Crippen molar-refractivity contribution < 1.29 is 127 Å².